The molecule has 5 heteroatoms. The number of carbonyl (C=O) groups excluding carboxylic acids is 1. The zero-order chi connectivity index (χ0) is 13.7. The molecule has 1 atom stereocenters. The summed E-state index contributed by atoms with van der Waals surface area (Å²) in [5.74, 6) is 0.856. The van der Waals surface area contributed by atoms with Gasteiger partial charge in [-0.1, -0.05) is 0 Å². The summed E-state index contributed by atoms with van der Waals surface area (Å²) in [5, 5.41) is 2.84. The zero-order valence-electron chi connectivity index (χ0n) is 11.6. The number of aromatic nitrogens is 1. The number of hydrogen-bond acceptors (Lipinski definition) is 4. The van der Waals surface area contributed by atoms with Crippen LogP contribution >= 0.6 is 0 Å². The number of hydrogen-bond donors (Lipinski definition) is 1. The highest BCUT2D eigenvalue weighted by Gasteiger charge is 2.23. The molecule has 0 aliphatic carbocycles. The van der Waals surface area contributed by atoms with Crippen molar-refractivity contribution in [1.82, 2.24) is 4.98 Å². The molecule has 0 aromatic carbocycles. The summed E-state index contributed by atoms with van der Waals surface area (Å²) in [7, 11) is 0. The Kier molecular flexibility index (Phi) is 4.74. The number of anilines is 2. The highest BCUT2D eigenvalue weighted by molar-refractivity contribution is 5.94. The average molecular weight is 263 g/mol. The van der Waals surface area contributed by atoms with Crippen LogP contribution in [0.2, 0.25) is 0 Å². The van der Waals surface area contributed by atoms with Gasteiger partial charge in [-0.25, -0.2) is 4.98 Å². The number of nitrogens with zero attached hydrogens (tertiary/aromatic N) is 2. The van der Waals surface area contributed by atoms with Crippen LogP contribution in [0.5, 0.6) is 0 Å². The SMILES string of the molecule is CCN(CC)c1ccc(NC(=O)[C@@H]2CCCO2)cn1. The summed E-state index contributed by atoms with van der Waals surface area (Å²) in [6, 6.07) is 3.81. The summed E-state index contributed by atoms with van der Waals surface area (Å²) >= 11 is 0. The maximum absolute atomic E-state index is 11.9. The molecule has 1 aromatic rings. The molecule has 1 amide bonds. The quantitative estimate of drug-likeness (QED) is 0.883. The predicted molar refractivity (Wildman–Crippen MR) is 75.4 cm³/mol. The van der Waals surface area contributed by atoms with Crippen LogP contribution in [0.1, 0.15) is 26.7 Å². The second-order valence-corrected chi connectivity index (χ2v) is 4.57. The number of rotatable bonds is 5. The third kappa shape index (κ3) is 3.44. The first-order valence-corrected chi connectivity index (χ1v) is 6.88. The number of carbonyl (C=O) groups is 1. The van der Waals surface area contributed by atoms with E-state index in [2.05, 4.69) is 29.0 Å². The Bertz CT molecular complexity index is 409. The fraction of sp³-hybridized carbons (Fsp3) is 0.571. The van der Waals surface area contributed by atoms with E-state index in [0.29, 0.717) is 6.61 Å². The van der Waals surface area contributed by atoms with Gasteiger partial charge in [-0.2, -0.15) is 0 Å². The number of ether oxygens (including phenoxy) is 1. The molecule has 1 fully saturated rings. The lowest BCUT2D eigenvalue weighted by Crippen LogP contribution is -2.27. The normalized spacial score (nSPS) is 18.3. The highest BCUT2D eigenvalue weighted by Crippen LogP contribution is 2.17. The van der Waals surface area contributed by atoms with Crippen LogP contribution in [0.4, 0.5) is 11.5 Å². The maximum Gasteiger partial charge on any atom is 0.253 e. The maximum atomic E-state index is 11.9. The largest absolute Gasteiger partial charge is 0.368 e. The topological polar surface area (TPSA) is 54.5 Å². The first-order valence-electron chi connectivity index (χ1n) is 6.88. The summed E-state index contributed by atoms with van der Waals surface area (Å²) in [5.41, 5.74) is 0.719. The molecule has 104 valence electrons. The van der Waals surface area contributed by atoms with Gasteiger partial charge in [0.1, 0.15) is 11.9 Å². The molecule has 1 N–H and O–H groups in total. The van der Waals surface area contributed by atoms with Crippen LogP contribution in [-0.2, 0) is 9.53 Å². The molecular formula is C14H21N3O2. The van der Waals surface area contributed by atoms with Crippen LogP contribution in [0.3, 0.4) is 0 Å². The molecule has 0 saturated carbocycles. The van der Waals surface area contributed by atoms with Crippen LogP contribution in [-0.4, -0.2) is 36.7 Å². The van der Waals surface area contributed by atoms with Gasteiger partial charge < -0.3 is 15.0 Å². The second-order valence-electron chi connectivity index (χ2n) is 4.57. The Morgan fingerprint density at radius 1 is 1.47 bits per heavy atom. The van der Waals surface area contributed by atoms with Crippen molar-refractivity contribution in [2.45, 2.75) is 32.8 Å². The monoisotopic (exact) mass is 263 g/mol. The van der Waals surface area contributed by atoms with E-state index in [1.54, 1.807) is 6.20 Å². The van der Waals surface area contributed by atoms with Gasteiger partial charge in [0, 0.05) is 19.7 Å². The predicted octanol–water partition coefficient (Wildman–Crippen LogP) is 2.05. The van der Waals surface area contributed by atoms with Gasteiger partial charge in [0.2, 0.25) is 0 Å². The van der Waals surface area contributed by atoms with Gasteiger partial charge in [0.05, 0.1) is 11.9 Å². The van der Waals surface area contributed by atoms with E-state index in [1.807, 2.05) is 12.1 Å². The molecule has 1 aliphatic rings. The average Bonchev–Trinajstić information content (AvgIpc) is 2.96. The number of amides is 1. The molecule has 1 aliphatic heterocycles. The molecular weight excluding hydrogens is 242 g/mol. The van der Waals surface area contributed by atoms with E-state index in [1.165, 1.54) is 0 Å². The first-order chi connectivity index (χ1) is 9.24. The lowest BCUT2D eigenvalue weighted by molar-refractivity contribution is -0.124. The summed E-state index contributed by atoms with van der Waals surface area (Å²) in [6.07, 6.45) is 3.15. The number of nitrogens with one attached hydrogen (secondary N) is 1. The molecule has 19 heavy (non-hydrogen) atoms. The van der Waals surface area contributed by atoms with Crippen LogP contribution < -0.4 is 10.2 Å². The lowest BCUT2D eigenvalue weighted by atomic mass is 10.2. The standard InChI is InChI=1S/C14H21N3O2/c1-3-17(4-2)13-8-7-11(10-15-13)16-14(18)12-6-5-9-19-12/h7-8,10,12H,3-6,9H2,1-2H3,(H,16,18)/t12-/m0/s1. The Balaban J connectivity index is 1.96. The van der Waals surface area contributed by atoms with E-state index in [4.69, 9.17) is 4.74 Å². The minimum atomic E-state index is -0.303. The van der Waals surface area contributed by atoms with E-state index in [0.717, 1.165) is 37.4 Å². The third-order valence-electron chi connectivity index (χ3n) is 3.32. The summed E-state index contributed by atoms with van der Waals surface area (Å²) in [6.45, 7) is 6.71. The van der Waals surface area contributed by atoms with Crippen molar-refractivity contribution in [3.8, 4) is 0 Å². The van der Waals surface area contributed by atoms with Crippen LogP contribution in [0, 0.1) is 0 Å². The molecule has 1 saturated heterocycles. The van der Waals surface area contributed by atoms with Crippen molar-refractivity contribution in [1.29, 1.82) is 0 Å². The third-order valence-corrected chi connectivity index (χ3v) is 3.32. The van der Waals surface area contributed by atoms with Crippen molar-refractivity contribution < 1.29 is 9.53 Å². The van der Waals surface area contributed by atoms with E-state index >= 15 is 0 Å². The van der Waals surface area contributed by atoms with Crippen molar-refractivity contribution in [2.75, 3.05) is 29.9 Å². The molecule has 1 aromatic heterocycles. The molecule has 0 radical (unpaired) electrons. The zero-order valence-corrected chi connectivity index (χ0v) is 11.6. The first kappa shape index (κ1) is 13.8. The van der Waals surface area contributed by atoms with Crippen molar-refractivity contribution >= 4 is 17.4 Å². The van der Waals surface area contributed by atoms with Crippen molar-refractivity contribution in [2.24, 2.45) is 0 Å². The molecule has 2 heterocycles. The summed E-state index contributed by atoms with van der Waals surface area (Å²) in [4.78, 5) is 18.4. The van der Waals surface area contributed by atoms with Gasteiger partial charge in [-0.15, -0.1) is 0 Å². The number of pyridine rings is 1. The molecule has 2 rings (SSSR count). The van der Waals surface area contributed by atoms with Gasteiger partial charge in [0.25, 0.3) is 5.91 Å². The van der Waals surface area contributed by atoms with Crippen LogP contribution in [0.25, 0.3) is 0 Å². The lowest BCUT2D eigenvalue weighted by Gasteiger charge is -2.19. The van der Waals surface area contributed by atoms with Gasteiger partial charge in [0.15, 0.2) is 0 Å². The van der Waals surface area contributed by atoms with Crippen molar-refractivity contribution in [3.63, 3.8) is 0 Å². The minimum absolute atomic E-state index is 0.0742. The molecule has 5 nitrogen and oxygen atoms in total. The highest BCUT2D eigenvalue weighted by atomic mass is 16.5. The fourth-order valence-electron chi connectivity index (χ4n) is 2.20. The Hall–Kier alpha value is -1.62. The van der Waals surface area contributed by atoms with Gasteiger partial charge >= 0.3 is 0 Å². The van der Waals surface area contributed by atoms with E-state index in [-0.39, 0.29) is 12.0 Å². The van der Waals surface area contributed by atoms with Crippen molar-refractivity contribution in [3.05, 3.63) is 18.3 Å². The second kappa shape index (κ2) is 6.52. The molecule has 0 bridgehead atoms. The van der Waals surface area contributed by atoms with Gasteiger partial charge in [-0.3, -0.25) is 4.79 Å². The van der Waals surface area contributed by atoms with Gasteiger partial charge in [-0.05, 0) is 38.8 Å². The molecule has 0 unspecified atom stereocenters. The smallest absolute Gasteiger partial charge is 0.253 e. The fourth-order valence-corrected chi connectivity index (χ4v) is 2.20. The molecule has 0 spiro atoms. The van der Waals surface area contributed by atoms with Crippen LogP contribution in [0.15, 0.2) is 18.3 Å². The minimum Gasteiger partial charge on any atom is -0.368 e. The Labute approximate surface area is 114 Å². The Morgan fingerprint density at radius 3 is 2.79 bits per heavy atom. The van der Waals surface area contributed by atoms with E-state index < -0.39 is 0 Å². The Morgan fingerprint density at radius 2 is 2.26 bits per heavy atom. The van der Waals surface area contributed by atoms with E-state index in [9.17, 15) is 4.79 Å². The summed E-state index contributed by atoms with van der Waals surface area (Å²) < 4.78 is 5.34.